The van der Waals surface area contributed by atoms with E-state index in [-0.39, 0.29) is 5.82 Å². The van der Waals surface area contributed by atoms with Crippen LogP contribution in [0.5, 0.6) is 0 Å². The topological polar surface area (TPSA) is 65.0 Å². The quantitative estimate of drug-likeness (QED) is 0.380. The third-order valence-corrected chi connectivity index (χ3v) is 4.42. The minimum absolute atomic E-state index is 0.167. The Morgan fingerprint density at radius 3 is 2.21 bits per heavy atom. The molecule has 2 heterocycles. The van der Waals surface area contributed by atoms with Gasteiger partial charge in [0.2, 0.25) is 5.82 Å². The zero-order chi connectivity index (χ0) is 19.9. The predicted octanol–water partition coefficient (Wildman–Crippen LogP) is 6.38. The molecule has 0 aliphatic rings. The Hall–Kier alpha value is -2.84. The molecular formula is C18H8Cl2F3N3O2. The molecule has 0 aliphatic heterocycles. The molecule has 0 saturated carbocycles. The van der Waals surface area contributed by atoms with Crippen molar-refractivity contribution in [1.82, 2.24) is 15.3 Å². The first-order valence-electron chi connectivity index (χ1n) is 7.74. The molecule has 10 heteroatoms. The van der Waals surface area contributed by atoms with Crippen molar-refractivity contribution < 1.29 is 22.2 Å². The number of hydrogen-bond acceptors (Lipinski definition) is 5. The largest absolute Gasteiger partial charge is 0.471 e. The van der Waals surface area contributed by atoms with Crippen molar-refractivity contribution in [1.29, 1.82) is 0 Å². The van der Waals surface area contributed by atoms with Gasteiger partial charge in [-0.3, -0.25) is 0 Å². The number of benzene rings is 2. The summed E-state index contributed by atoms with van der Waals surface area (Å²) in [4.78, 5) is 3.36. The van der Waals surface area contributed by atoms with Crippen molar-refractivity contribution in [3.05, 3.63) is 64.7 Å². The second-order valence-electron chi connectivity index (χ2n) is 5.70. The molecular weight excluding hydrogens is 418 g/mol. The van der Waals surface area contributed by atoms with Crippen molar-refractivity contribution in [3.8, 4) is 33.8 Å². The maximum atomic E-state index is 12.6. The molecule has 0 N–H and O–H groups in total. The van der Waals surface area contributed by atoms with Gasteiger partial charge in [0.1, 0.15) is 12.0 Å². The number of nitrogens with zero attached hydrogens (tertiary/aromatic N) is 3. The summed E-state index contributed by atoms with van der Waals surface area (Å²) >= 11 is 12.2. The lowest BCUT2D eigenvalue weighted by molar-refractivity contribution is -0.159. The molecule has 0 amide bonds. The minimum Gasteiger partial charge on any atom is -0.363 e. The van der Waals surface area contributed by atoms with E-state index in [4.69, 9.17) is 27.7 Å². The lowest BCUT2D eigenvalue weighted by atomic mass is 10.0. The summed E-state index contributed by atoms with van der Waals surface area (Å²) in [6, 6.07) is 11.5. The van der Waals surface area contributed by atoms with Crippen LogP contribution in [0.15, 0.2) is 57.8 Å². The first kappa shape index (κ1) is 18.5. The molecule has 0 fully saturated rings. The third kappa shape index (κ3) is 3.48. The monoisotopic (exact) mass is 425 g/mol. The van der Waals surface area contributed by atoms with Crippen LogP contribution in [0.25, 0.3) is 33.8 Å². The predicted molar refractivity (Wildman–Crippen MR) is 95.7 cm³/mol. The molecule has 142 valence electrons. The molecule has 0 spiro atoms. The first-order chi connectivity index (χ1) is 13.3. The van der Waals surface area contributed by atoms with E-state index in [1.807, 2.05) is 0 Å². The van der Waals surface area contributed by atoms with E-state index >= 15 is 0 Å². The van der Waals surface area contributed by atoms with Gasteiger partial charge in [-0.15, -0.1) is 0 Å². The fraction of sp³-hybridized carbons (Fsp3) is 0.0556. The smallest absolute Gasteiger partial charge is 0.363 e. The van der Waals surface area contributed by atoms with Gasteiger partial charge in [-0.25, -0.2) is 0 Å². The lowest BCUT2D eigenvalue weighted by Crippen LogP contribution is -2.04. The Kier molecular flexibility index (Phi) is 4.60. The maximum Gasteiger partial charge on any atom is 0.471 e. The van der Waals surface area contributed by atoms with Crippen LogP contribution >= 0.6 is 23.2 Å². The summed E-state index contributed by atoms with van der Waals surface area (Å²) < 4.78 is 47.1. The fourth-order valence-corrected chi connectivity index (χ4v) is 3.09. The number of aromatic nitrogens is 3. The van der Waals surface area contributed by atoms with E-state index in [2.05, 4.69) is 19.8 Å². The lowest BCUT2D eigenvalue weighted by Gasteiger charge is -2.05. The van der Waals surface area contributed by atoms with Gasteiger partial charge < -0.3 is 9.05 Å². The molecule has 0 radical (unpaired) electrons. The standard InChI is InChI=1S/C18H8Cl2F3N3O2/c19-11-5-6-12(14(20)7-11)13-8-27-25-15(13)9-1-3-10(4-2-9)16-24-17(28-26-16)18(21,22)23/h1-8H. The molecule has 0 aliphatic carbocycles. The van der Waals surface area contributed by atoms with Crippen LogP contribution in [-0.2, 0) is 6.18 Å². The Morgan fingerprint density at radius 2 is 1.57 bits per heavy atom. The van der Waals surface area contributed by atoms with Crippen LogP contribution in [0, 0.1) is 0 Å². The first-order valence-corrected chi connectivity index (χ1v) is 8.50. The van der Waals surface area contributed by atoms with Gasteiger partial charge in [0.05, 0.1) is 10.6 Å². The van der Waals surface area contributed by atoms with Gasteiger partial charge in [0.25, 0.3) is 0 Å². The van der Waals surface area contributed by atoms with Gasteiger partial charge >= 0.3 is 12.1 Å². The maximum absolute atomic E-state index is 12.6. The molecule has 2 aromatic carbocycles. The van der Waals surface area contributed by atoms with Crippen LogP contribution in [0.1, 0.15) is 5.89 Å². The van der Waals surface area contributed by atoms with Crippen LogP contribution < -0.4 is 0 Å². The molecule has 2 aromatic heterocycles. The van der Waals surface area contributed by atoms with E-state index in [0.29, 0.717) is 38.0 Å². The van der Waals surface area contributed by atoms with E-state index < -0.39 is 12.1 Å². The Bertz CT molecular complexity index is 1140. The zero-order valence-corrected chi connectivity index (χ0v) is 15.2. The van der Waals surface area contributed by atoms with Crippen LogP contribution in [0.4, 0.5) is 13.2 Å². The molecule has 0 bridgehead atoms. The van der Waals surface area contributed by atoms with Crippen molar-refractivity contribution in [2.75, 3.05) is 0 Å². The molecule has 0 unspecified atom stereocenters. The van der Waals surface area contributed by atoms with E-state index in [9.17, 15) is 13.2 Å². The molecule has 5 nitrogen and oxygen atoms in total. The van der Waals surface area contributed by atoms with E-state index in [1.54, 1.807) is 42.5 Å². The average Bonchev–Trinajstić information content (AvgIpc) is 3.31. The van der Waals surface area contributed by atoms with Gasteiger partial charge in [-0.05, 0) is 12.1 Å². The molecule has 4 rings (SSSR count). The van der Waals surface area contributed by atoms with Gasteiger partial charge in [-0.2, -0.15) is 18.2 Å². The van der Waals surface area contributed by atoms with Crippen molar-refractivity contribution in [2.45, 2.75) is 6.18 Å². The number of hydrogen-bond donors (Lipinski definition) is 0. The SMILES string of the molecule is FC(F)(F)c1nc(-c2ccc(-c3nocc3-c3ccc(Cl)cc3Cl)cc2)no1. The summed E-state index contributed by atoms with van der Waals surface area (Å²) in [6.07, 6.45) is -3.24. The number of rotatable bonds is 3. The average molecular weight is 426 g/mol. The zero-order valence-electron chi connectivity index (χ0n) is 13.7. The molecule has 0 saturated heterocycles. The summed E-state index contributed by atoms with van der Waals surface area (Å²) in [5, 5.41) is 8.29. The fourth-order valence-electron chi connectivity index (χ4n) is 2.58. The Morgan fingerprint density at radius 1 is 0.857 bits per heavy atom. The highest BCUT2D eigenvalue weighted by Crippen LogP contribution is 2.37. The third-order valence-electron chi connectivity index (χ3n) is 3.88. The molecule has 0 atom stereocenters. The highest BCUT2D eigenvalue weighted by atomic mass is 35.5. The number of alkyl halides is 3. The second kappa shape index (κ2) is 6.96. The summed E-state index contributed by atoms with van der Waals surface area (Å²) in [5.74, 6) is -1.57. The summed E-state index contributed by atoms with van der Waals surface area (Å²) in [6.45, 7) is 0. The van der Waals surface area contributed by atoms with Crippen LogP contribution in [-0.4, -0.2) is 15.3 Å². The summed E-state index contributed by atoms with van der Waals surface area (Å²) in [5.41, 5.74) is 2.86. The Balaban J connectivity index is 1.67. The van der Waals surface area contributed by atoms with Crippen molar-refractivity contribution in [3.63, 3.8) is 0 Å². The normalized spacial score (nSPS) is 11.8. The van der Waals surface area contributed by atoms with Gasteiger partial charge in [0.15, 0.2) is 0 Å². The van der Waals surface area contributed by atoms with E-state index in [1.165, 1.54) is 6.26 Å². The minimum atomic E-state index is -4.70. The Labute approximate surface area is 165 Å². The van der Waals surface area contributed by atoms with Crippen molar-refractivity contribution >= 4 is 23.2 Å². The molecule has 28 heavy (non-hydrogen) atoms. The van der Waals surface area contributed by atoms with Gasteiger partial charge in [0, 0.05) is 21.7 Å². The second-order valence-corrected chi connectivity index (χ2v) is 6.54. The number of halogens is 5. The summed E-state index contributed by atoms with van der Waals surface area (Å²) in [7, 11) is 0. The highest BCUT2D eigenvalue weighted by molar-refractivity contribution is 6.36. The van der Waals surface area contributed by atoms with Gasteiger partial charge in [-0.1, -0.05) is 63.8 Å². The molecule has 4 aromatic rings. The highest BCUT2D eigenvalue weighted by Gasteiger charge is 2.38. The van der Waals surface area contributed by atoms with Crippen molar-refractivity contribution in [2.24, 2.45) is 0 Å². The van der Waals surface area contributed by atoms with Crippen LogP contribution in [0.3, 0.4) is 0 Å². The van der Waals surface area contributed by atoms with Crippen LogP contribution in [0.2, 0.25) is 10.0 Å². The van der Waals surface area contributed by atoms with E-state index in [0.717, 1.165) is 0 Å².